The summed E-state index contributed by atoms with van der Waals surface area (Å²) < 4.78 is 5.43. The van der Waals surface area contributed by atoms with Crippen molar-refractivity contribution in [3.8, 4) is 0 Å². The first-order valence-corrected chi connectivity index (χ1v) is 9.76. The molecule has 5 nitrogen and oxygen atoms in total. The molecule has 1 aliphatic heterocycles. The van der Waals surface area contributed by atoms with Crippen LogP contribution in [0.3, 0.4) is 0 Å². The quantitative estimate of drug-likeness (QED) is 0.615. The number of aliphatic imine (C=N–C) groups is 1. The van der Waals surface area contributed by atoms with Crippen molar-refractivity contribution in [3.05, 3.63) is 35.4 Å². The van der Waals surface area contributed by atoms with Gasteiger partial charge in [-0.15, -0.1) is 0 Å². The number of morpholine rings is 1. The molecule has 1 aliphatic carbocycles. The predicted molar refractivity (Wildman–Crippen MR) is 103 cm³/mol. The van der Waals surface area contributed by atoms with E-state index in [1.54, 1.807) is 0 Å². The lowest BCUT2D eigenvalue weighted by Gasteiger charge is -2.26. The van der Waals surface area contributed by atoms with Crippen molar-refractivity contribution in [1.82, 2.24) is 15.5 Å². The fourth-order valence-corrected chi connectivity index (χ4v) is 3.60. The van der Waals surface area contributed by atoms with Gasteiger partial charge in [-0.25, -0.2) is 4.99 Å². The Balaban J connectivity index is 1.57. The summed E-state index contributed by atoms with van der Waals surface area (Å²) in [5, 5.41) is 6.96. The molecule has 0 spiro atoms. The molecule has 0 aromatic heterocycles. The monoisotopic (exact) mass is 344 g/mol. The van der Waals surface area contributed by atoms with Gasteiger partial charge in [0, 0.05) is 32.2 Å². The van der Waals surface area contributed by atoms with E-state index in [-0.39, 0.29) is 0 Å². The van der Waals surface area contributed by atoms with Crippen LogP contribution in [0.4, 0.5) is 0 Å². The van der Waals surface area contributed by atoms with Gasteiger partial charge in [0.15, 0.2) is 5.96 Å². The molecule has 1 heterocycles. The van der Waals surface area contributed by atoms with E-state index in [9.17, 15) is 0 Å². The molecule has 1 saturated heterocycles. The Morgan fingerprint density at radius 2 is 1.96 bits per heavy atom. The standard InChI is InChI=1S/C20H32N4O/c1-2-21-20(23-19-8-3-4-9-19)22-15-17-6-5-7-18(14-17)16-24-10-12-25-13-11-24/h5-7,14,19H,2-4,8-13,15-16H2,1H3,(H2,21,22,23). The van der Waals surface area contributed by atoms with Crippen LogP contribution in [0.5, 0.6) is 0 Å². The summed E-state index contributed by atoms with van der Waals surface area (Å²) >= 11 is 0. The van der Waals surface area contributed by atoms with Crippen LogP contribution in [0.25, 0.3) is 0 Å². The van der Waals surface area contributed by atoms with Crippen molar-refractivity contribution in [1.29, 1.82) is 0 Å². The minimum atomic E-state index is 0.588. The minimum absolute atomic E-state index is 0.588. The molecule has 1 saturated carbocycles. The zero-order valence-electron chi connectivity index (χ0n) is 15.5. The first-order valence-electron chi connectivity index (χ1n) is 9.76. The Kier molecular flexibility index (Phi) is 7.12. The summed E-state index contributed by atoms with van der Waals surface area (Å²) in [6.45, 7) is 8.49. The van der Waals surface area contributed by atoms with Crippen LogP contribution in [-0.4, -0.2) is 49.7 Å². The number of ether oxygens (including phenoxy) is 1. The van der Waals surface area contributed by atoms with Crippen molar-refractivity contribution >= 4 is 5.96 Å². The minimum Gasteiger partial charge on any atom is -0.379 e. The topological polar surface area (TPSA) is 48.9 Å². The van der Waals surface area contributed by atoms with E-state index in [4.69, 9.17) is 9.73 Å². The van der Waals surface area contributed by atoms with Crippen molar-refractivity contribution in [2.45, 2.75) is 51.7 Å². The highest BCUT2D eigenvalue weighted by Crippen LogP contribution is 2.17. The zero-order chi connectivity index (χ0) is 17.3. The molecule has 0 amide bonds. The highest BCUT2D eigenvalue weighted by atomic mass is 16.5. The lowest BCUT2D eigenvalue weighted by Crippen LogP contribution is -2.42. The van der Waals surface area contributed by atoms with Gasteiger partial charge in [0.05, 0.1) is 19.8 Å². The van der Waals surface area contributed by atoms with Gasteiger partial charge in [-0.05, 0) is 30.9 Å². The SMILES string of the molecule is CCNC(=NCc1cccc(CN2CCOCC2)c1)NC1CCCC1. The normalized spacial score (nSPS) is 20.0. The third-order valence-electron chi connectivity index (χ3n) is 4.96. The number of guanidine groups is 1. The summed E-state index contributed by atoms with van der Waals surface area (Å²) in [4.78, 5) is 7.25. The first-order chi connectivity index (χ1) is 12.3. The van der Waals surface area contributed by atoms with E-state index >= 15 is 0 Å². The van der Waals surface area contributed by atoms with Gasteiger partial charge in [-0.2, -0.15) is 0 Å². The summed E-state index contributed by atoms with van der Waals surface area (Å²) in [5.74, 6) is 0.952. The highest BCUT2D eigenvalue weighted by molar-refractivity contribution is 5.80. The molecule has 2 aliphatic rings. The second-order valence-corrected chi connectivity index (χ2v) is 7.03. The Bertz CT molecular complexity index is 548. The molecule has 138 valence electrons. The number of rotatable bonds is 6. The summed E-state index contributed by atoms with van der Waals surface area (Å²) in [5.41, 5.74) is 2.64. The molecule has 2 fully saturated rings. The molecule has 5 heteroatoms. The van der Waals surface area contributed by atoms with Crippen molar-refractivity contribution < 1.29 is 4.74 Å². The van der Waals surface area contributed by atoms with Gasteiger partial charge in [0.25, 0.3) is 0 Å². The van der Waals surface area contributed by atoms with Gasteiger partial charge in [-0.3, -0.25) is 4.90 Å². The highest BCUT2D eigenvalue weighted by Gasteiger charge is 2.15. The largest absolute Gasteiger partial charge is 0.379 e. The molecule has 0 radical (unpaired) electrons. The summed E-state index contributed by atoms with van der Waals surface area (Å²) in [6, 6.07) is 9.41. The van der Waals surface area contributed by atoms with Crippen LogP contribution >= 0.6 is 0 Å². The molecule has 25 heavy (non-hydrogen) atoms. The molecule has 1 aromatic rings. The molecular formula is C20H32N4O. The van der Waals surface area contributed by atoms with Crippen LogP contribution in [0, 0.1) is 0 Å². The van der Waals surface area contributed by atoms with Crippen molar-refractivity contribution in [2.24, 2.45) is 4.99 Å². The second-order valence-electron chi connectivity index (χ2n) is 7.03. The molecular weight excluding hydrogens is 312 g/mol. The van der Waals surface area contributed by atoms with E-state index < -0.39 is 0 Å². The average molecular weight is 345 g/mol. The van der Waals surface area contributed by atoms with E-state index in [0.717, 1.165) is 51.9 Å². The van der Waals surface area contributed by atoms with Gasteiger partial charge in [-0.1, -0.05) is 37.1 Å². The predicted octanol–water partition coefficient (Wildman–Crippen LogP) is 2.52. The molecule has 0 atom stereocenters. The number of nitrogens with one attached hydrogen (secondary N) is 2. The number of nitrogens with zero attached hydrogens (tertiary/aromatic N) is 2. The van der Waals surface area contributed by atoms with Gasteiger partial charge in [0.1, 0.15) is 0 Å². The van der Waals surface area contributed by atoms with Gasteiger partial charge >= 0.3 is 0 Å². The van der Waals surface area contributed by atoms with Crippen LogP contribution < -0.4 is 10.6 Å². The second kappa shape index (κ2) is 9.78. The van der Waals surface area contributed by atoms with Crippen LogP contribution in [0.1, 0.15) is 43.7 Å². The maximum Gasteiger partial charge on any atom is 0.191 e. The van der Waals surface area contributed by atoms with Crippen LogP contribution in [0.2, 0.25) is 0 Å². The Morgan fingerprint density at radius 1 is 1.20 bits per heavy atom. The lowest BCUT2D eigenvalue weighted by molar-refractivity contribution is 0.0342. The fraction of sp³-hybridized carbons (Fsp3) is 0.650. The summed E-state index contributed by atoms with van der Waals surface area (Å²) in [6.07, 6.45) is 5.19. The lowest BCUT2D eigenvalue weighted by atomic mass is 10.1. The summed E-state index contributed by atoms with van der Waals surface area (Å²) in [7, 11) is 0. The van der Waals surface area contributed by atoms with Gasteiger partial charge in [0.2, 0.25) is 0 Å². The van der Waals surface area contributed by atoms with E-state index in [2.05, 4.69) is 46.7 Å². The fourth-order valence-electron chi connectivity index (χ4n) is 3.60. The third kappa shape index (κ3) is 6.01. The van der Waals surface area contributed by atoms with Crippen molar-refractivity contribution in [3.63, 3.8) is 0 Å². The van der Waals surface area contributed by atoms with Crippen LogP contribution in [-0.2, 0) is 17.8 Å². The Hall–Kier alpha value is -1.59. The van der Waals surface area contributed by atoms with Gasteiger partial charge < -0.3 is 15.4 Å². The van der Waals surface area contributed by atoms with E-state index in [1.165, 1.54) is 36.8 Å². The number of hydrogen-bond donors (Lipinski definition) is 2. The van der Waals surface area contributed by atoms with E-state index in [0.29, 0.717) is 6.04 Å². The maximum atomic E-state index is 5.43. The average Bonchev–Trinajstić information content (AvgIpc) is 3.14. The first kappa shape index (κ1) is 18.2. The number of benzene rings is 1. The zero-order valence-corrected chi connectivity index (χ0v) is 15.5. The molecule has 0 bridgehead atoms. The molecule has 2 N–H and O–H groups in total. The van der Waals surface area contributed by atoms with Crippen molar-refractivity contribution in [2.75, 3.05) is 32.8 Å². The number of hydrogen-bond acceptors (Lipinski definition) is 3. The van der Waals surface area contributed by atoms with Crippen LogP contribution in [0.15, 0.2) is 29.3 Å². The smallest absolute Gasteiger partial charge is 0.191 e. The Morgan fingerprint density at radius 3 is 2.72 bits per heavy atom. The molecule has 3 rings (SSSR count). The Labute approximate surface area is 151 Å². The molecule has 0 unspecified atom stereocenters. The third-order valence-corrected chi connectivity index (χ3v) is 4.96. The van der Waals surface area contributed by atoms with E-state index in [1.807, 2.05) is 0 Å². The maximum absolute atomic E-state index is 5.43. The molecule has 1 aromatic carbocycles.